The maximum absolute atomic E-state index is 13.7. The van der Waals surface area contributed by atoms with Gasteiger partial charge < -0.3 is 15.4 Å². The van der Waals surface area contributed by atoms with E-state index >= 15 is 0 Å². The Morgan fingerprint density at radius 2 is 1.74 bits per heavy atom. The van der Waals surface area contributed by atoms with Crippen molar-refractivity contribution in [3.63, 3.8) is 0 Å². The monoisotopic (exact) mass is 503 g/mol. The number of carbonyl (C=O) groups is 3. The Bertz CT molecular complexity index is 874. The van der Waals surface area contributed by atoms with Gasteiger partial charge in [-0.15, -0.1) is 0 Å². The highest BCUT2D eigenvalue weighted by Crippen LogP contribution is 2.24. The van der Waals surface area contributed by atoms with E-state index in [1.807, 2.05) is 51.3 Å². The molecule has 3 amide bonds. The number of thioether (sulfide) groups is 1. The van der Waals surface area contributed by atoms with E-state index < -0.39 is 29.7 Å². The van der Waals surface area contributed by atoms with Gasteiger partial charge in [-0.05, 0) is 70.1 Å². The Morgan fingerprint density at radius 3 is 2.23 bits per heavy atom. The largest absolute Gasteiger partial charge is 0.444 e. The van der Waals surface area contributed by atoms with Crippen molar-refractivity contribution in [2.75, 3.05) is 12.0 Å². The first-order chi connectivity index (χ1) is 16.5. The van der Waals surface area contributed by atoms with Gasteiger partial charge in [0.05, 0.1) is 0 Å². The third-order valence-electron chi connectivity index (χ3n) is 5.30. The van der Waals surface area contributed by atoms with Crippen molar-refractivity contribution in [2.24, 2.45) is 0 Å². The van der Waals surface area contributed by atoms with Crippen LogP contribution in [0.3, 0.4) is 0 Å². The van der Waals surface area contributed by atoms with E-state index in [-0.39, 0.29) is 11.9 Å². The molecular formula is C27H41N3O4S. The van der Waals surface area contributed by atoms with Gasteiger partial charge in [0.25, 0.3) is 5.91 Å². The number of carbonyl (C=O) groups excluding carboxylic acids is 3. The van der Waals surface area contributed by atoms with Crippen LogP contribution in [0.4, 0.5) is 4.79 Å². The van der Waals surface area contributed by atoms with E-state index in [0.717, 1.165) is 29.7 Å². The number of nitrogens with zero attached hydrogens (tertiary/aromatic N) is 1. The number of rotatable bonds is 12. The van der Waals surface area contributed by atoms with Crippen molar-refractivity contribution in [1.82, 2.24) is 15.5 Å². The van der Waals surface area contributed by atoms with E-state index in [4.69, 9.17) is 11.2 Å². The first kappa shape index (κ1) is 30.4. The first-order valence-electron chi connectivity index (χ1n) is 12.1. The number of aryl methyl sites for hydroxylation is 1. The van der Waals surface area contributed by atoms with Gasteiger partial charge in [-0.25, -0.2) is 4.79 Å². The minimum atomic E-state index is -1.03. The Kier molecular flexibility index (Phi) is 12.7. The average molecular weight is 504 g/mol. The van der Waals surface area contributed by atoms with Crippen LogP contribution in [-0.2, 0) is 20.7 Å². The van der Waals surface area contributed by atoms with Crippen molar-refractivity contribution in [3.8, 4) is 12.5 Å². The molecule has 1 rings (SSSR count). The maximum atomic E-state index is 13.7. The van der Waals surface area contributed by atoms with E-state index in [0.29, 0.717) is 17.7 Å². The fraction of sp³-hybridized carbons (Fsp3) is 0.593. The SMILES string of the molecule is C#CN(C(=O)C(CCSC)NC(=O)OC(C)(C)C)C(C(=O)NC(C)CCC)c1ccc(CC)cc1. The Balaban J connectivity index is 3.35. The summed E-state index contributed by atoms with van der Waals surface area (Å²) in [5.41, 5.74) is 0.993. The normalized spacial score (nSPS) is 13.7. The number of hydrogen-bond acceptors (Lipinski definition) is 5. The molecule has 194 valence electrons. The second kappa shape index (κ2) is 14.7. The highest BCUT2D eigenvalue weighted by molar-refractivity contribution is 7.98. The number of benzene rings is 1. The molecule has 7 nitrogen and oxygen atoms in total. The maximum Gasteiger partial charge on any atom is 0.408 e. The quantitative estimate of drug-likeness (QED) is 0.320. The topological polar surface area (TPSA) is 87.7 Å². The zero-order valence-corrected chi connectivity index (χ0v) is 23.0. The average Bonchev–Trinajstić information content (AvgIpc) is 2.78. The second-order valence-corrected chi connectivity index (χ2v) is 10.5. The number of terminal acetylenes is 1. The minimum absolute atomic E-state index is 0.0770. The molecule has 0 radical (unpaired) electrons. The van der Waals surface area contributed by atoms with Crippen LogP contribution in [0.5, 0.6) is 0 Å². The second-order valence-electron chi connectivity index (χ2n) is 9.51. The molecule has 0 aliphatic rings. The molecular weight excluding hydrogens is 462 g/mol. The van der Waals surface area contributed by atoms with E-state index in [1.54, 1.807) is 32.5 Å². The lowest BCUT2D eigenvalue weighted by molar-refractivity contribution is -0.138. The van der Waals surface area contributed by atoms with Crippen molar-refractivity contribution in [2.45, 2.75) is 91.0 Å². The molecule has 0 saturated heterocycles. The van der Waals surface area contributed by atoms with Crippen LogP contribution in [-0.4, -0.2) is 52.5 Å². The molecule has 8 heteroatoms. The van der Waals surface area contributed by atoms with Crippen molar-refractivity contribution < 1.29 is 19.1 Å². The van der Waals surface area contributed by atoms with Crippen molar-refractivity contribution in [3.05, 3.63) is 35.4 Å². The summed E-state index contributed by atoms with van der Waals surface area (Å²) in [4.78, 5) is 40.6. The molecule has 0 saturated carbocycles. The number of alkyl carbamates (subject to hydrolysis) is 1. The lowest BCUT2D eigenvalue weighted by Gasteiger charge is -2.31. The fourth-order valence-corrected chi connectivity index (χ4v) is 4.03. The lowest BCUT2D eigenvalue weighted by Crippen LogP contribution is -2.52. The van der Waals surface area contributed by atoms with E-state index in [9.17, 15) is 14.4 Å². The lowest BCUT2D eigenvalue weighted by atomic mass is 10.00. The highest BCUT2D eigenvalue weighted by atomic mass is 32.2. The highest BCUT2D eigenvalue weighted by Gasteiger charge is 2.36. The smallest absolute Gasteiger partial charge is 0.408 e. The van der Waals surface area contributed by atoms with Crippen LogP contribution in [0.25, 0.3) is 0 Å². The van der Waals surface area contributed by atoms with Gasteiger partial charge >= 0.3 is 6.09 Å². The molecule has 3 unspecified atom stereocenters. The number of hydrogen-bond donors (Lipinski definition) is 2. The summed E-state index contributed by atoms with van der Waals surface area (Å²) in [6, 6.07) is 7.87. The number of nitrogens with one attached hydrogen (secondary N) is 2. The number of amides is 3. The van der Waals surface area contributed by atoms with Gasteiger partial charge in [-0.3, -0.25) is 14.5 Å². The standard InChI is InChI=1S/C27H41N3O4S/c1-9-12-19(4)28-24(31)23(21-15-13-20(10-2)14-16-21)30(11-3)25(32)22(17-18-35-8)29-26(33)34-27(5,6)7/h3,13-16,19,22-23H,9-10,12,17-18H2,1-2,4-8H3,(H,28,31)(H,29,33). The third-order valence-corrected chi connectivity index (χ3v) is 5.94. The summed E-state index contributed by atoms with van der Waals surface area (Å²) in [7, 11) is 0. The molecule has 1 aromatic rings. The van der Waals surface area contributed by atoms with E-state index in [2.05, 4.69) is 16.7 Å². The van der Waals surface area contributed by atoms with Gasteiger partial charge in [-0.2, -0.15) is 11.8 Å². The molecule has 0 spiro atoms. The molecule has 0 heterocycles. The van der Waals surface area contributed by atoms with Crippen LogP contribution < -0.4 is 10.6 Å². The van der Waals surface area contributed by atoms with Crippen LogP contribution in [0, 0.1) is 12.5 Å². The van der Waals surface area contributed by atoms with Gasteiger partial charge in [-0.1, -0.05) is 51.0 Å². The molecule has 3 atom stereocenters. The molecule has 0 bridgehead atoms. The Morgan fingerprint density at radius 1 is 1.11 bits per heavy atom. The summed E-state index contributed by atoms with van der Waals surface area (Å²) in [6.45, 7) is 11.2. The molecule has 1 aromatic carbocycles. The molecule has 0 aliphatic heterocycles. The van der Waals surface area contributed by atoms with E-state index in [1.165, 1.54) is 0 Å². The summed E-state index contributed by atoms with van der Waals surface area (Å²) in [5, 5.41) is 5.64. The first-order valence-corrected chi connectivity index (χ1v) is 13.5. The van der Waals surface area contributed by atoms with Crippen LogP contribution in [0.1, 0.15) is 78.0 Å². The van der Waals surface area contributed by atoms with Gasteiger partial charge in [0, 0.05) is 12.1 Å². The Labute approximate surface area is 215 Å². The summed E-state index contributed by atoms with van der Waals surface area (Å²) < 4.78 is 5.35. The fourth-order valence-electron chi connectivity index (χ4n) is 3.56. The molecule has 0 aliphatic carbocycles. The zero-order valence-electron chi connectivity index (χ0n) is 22.1. The van der Waals surface area contributed by atoms with Gasteiger partial charge in [0.15, 0.2) is 0 Å². The van der Waals surface area contributed by atoms with Gasteiger partial charge in [0.2, 0.25) is 5.91 Å². The van der Waals surface area contributed by atoms with Crippen LogP contribution in [0.15, 0.2) is 24.3 Å². The third kappa shape index (κ3) is 10.2. The zero-order chi connectivity index (χ0) is 26.6. The summed E-state index contributed by atoms with van der Waals surface area (Å²) in [6.07, 6.45) is 9.92. The van der Waals surface area contributed by atoms with Crippen LogP contribution in [0.2, 0.25) is 0 Å². The molecule has 0 fully saturated rings. The predicted molar refractivity (Wildman–Crippen MR) is 143 cm³/mol. The summed E-state index contributed by atoms with van der Waals surface area (Å²) >= 11 is 1.54. The Hall–Kier alpha value is -2.66. The van der Waals surface area contributed by atoms with Gasteiger partial charge in [0.1, 0.15) is 17.7 Å². The summed E-state index contributed by atoms with van der Waals surface area (Å²) in [5.74, 6) is -0.280. The number of ether oxygens (including phenoxy) is 1. The molecule has 2 N–H and O–H groups in total. The van der Waals surface area contributed by atoms with Crippen molar-refractivity contribution in [1.29, 1.82) is 0 Å². The minimum Gasteiger partial charge on any atom is -0.444 e. The van der Waals surface area contributed by atoms with Crippen molar-refractivity contribution >= 4 is 29.7 Å². The predicted octanol–water partition coefficient (Wildman–Crippen LogP) is 4.66. The molecule has 35 heavy (non-hydrogen) atoms. The van der Waals surface area contributed by atoms with Crippen LogP contribution >= 0.6 is 11.8 Å². The molecule has 0 aromatic heterocycles.